The standard InChI is InChI=1S/C21H16N4O2/c1-26-19-9-16-18(10-20(19)27-2)24-12-14(11-22)21(16)25-15-5-6-17-13(8-15)4-3-7-23-17/h3-10,12H,1-2H3,(H,24,25). The monoisotopic (exact) mass is 356 g/mol. The molecule has 27 heavy (non-hydrogen) atoms. The minimum absolute atomic E-state index is 0.445. The van der Waals surface area contributed by atoms with E-state index in [9.17, 15) is 5.26 Å². The number of pyridine rings is 2. The molecule has 0 saturated carbocycles. The number of benzene rings is 2. The fourth-order valence-corrected chi connectivity index (χ4v) is 3.04. The molecule has 6 heteroatoms. The molecule has 4 rings (SSSR count). The third-order valence-corrected chi connectivity index (χ3v) is 4.37. The molecule has 0 spiro atoms. The number of methoxy groups -OCH3 is 2. The largest absolute Gasteiger partial charge is 0.493 e. The molecule has 0 atom stereocenters. The van der Waals surface area contributed by atoms with Crippen LogP contribution in [-0.2, 0) is 0 Å². The van der Waals surface area contributed by atoms with Crippen LogP contribution in [0.15, 0.2) is 54.9 Å². The van der Waals surface area contributed by atoms with Crippen LogP contribution in [0, 0.1) is 11.3 Å². The predicted octanol–water partition coefficient (Wildman–Crippen LogP) is 4.42. The highest BCUT2D eigenvalue weighted by molar-refractivity contribution is 5.98. The van der Waals surface area contributed by atoms with Crippen molar-refractivity contribution in [2.75, 3.05) is 19.5 Å². The van der Waals surface area contributed by atoms with Crippen LogP contribution in [0.1, 0.15) is 5.56 Å². The summed E-state index contributed by atoms with van der Waals surface area (Å²) in [5, 5.41) is 14.7. The number of ether oxygens (including phenoxy) is 2. The molecule has 2 heterocycles. The lowest BCUT2D eigenvalue weighted by atomic mass is 10.1. The lowest BCUT2D eigenvalue weighted by Crippen LogP contribution is -1.98. The van der Waals surface area contributed by atoms with Gasteiger partial charge in [-0.3, -0.25) is 9.97 Å². The van der Waals surface area contributed by atoms with Crippen molar-refractivity contribution < 1.29 is 9.47 Å². The van der Waals surface area contributed by atoms with Gasteiger partial charge in [-0.15, -0.1) is 0 Å². The Kier molecular flexibility index (Phi) is 4.19. The van der Waals surface area contributed by atoms with Gasteiger partial charge in [0.2, 0.25) is 0 Å². The Morgan fingerprint density at radius 3 is 2.56 bits per heavy atom. The van der Waals surface area contributed by atoms with Crippen LogP contribution in [0.2, 0.25) is 0 Å². The maximum Gasteiger partial charge on any atom is 0.162 e. The molecule has 0 saturated heterocycles. The number of rotatable bonds is 4. The van der Waals surface area contributed by atoms with Crippen molar-refractivity contribution in [1.82, 2.24) is 9.97 Å². The van der Waals surface area contributed by atoms with Crippen LogP contribution in [0.25, 0.3) is 21.8 Å². The van der Waals surface area contributed by atoms with Gasteiger partial charge in [-0.2, -0.15) is 5.26 Å². The fraction of sp³-hybridized carbons (Fsp3) is 0.0952. The third-order valence-electron chi connectivity index (χ3n) is 4.37. The number of fused-ring (bicyclic) bond motifs is 2. The van der Waals surface area contributed by atoms with Gasteiger partial charge in [-0.05, 0) is 30.3 Å². The molecule has 0 bridgehead atoms. The van der Waals surface area contributed by atoms with E-state index >= 15 is 0 Å². The van der Waals surface area contributed by atoms with Crippen molar-refractivity contribution in [2.24, 2.45) is 0 Å². The van der Waals surface area contributed by atoms with Crippen molar-refractivity contribution >= 4 is 33.2 Å². The Morgan fingerprint density at radius 2 is 1.78 bits per heavy atom. The van der Waals surface area contributed by atoms with E-state index in [1.165, 1.54) is 0 Å². The molecule has 132 valence electrons. The second-order valence-electron chi connectivity index (χ2n) is 5.92. The molecule has 1 N–H and O–H groups in total. The van der Waals surface area contributed by atoms with Crippen molar-refractivity contribution in [3.8, 4) is 17.6 Å². The minimum atomic E-state index is 0.445. The zero-order valence-electron chi connectivity index (χ0n) is 14.9. The van der Waals surface area contributed by atoms with E-state index in [1.54, 1.807) is 32.7 Å². The maximum absolute atomic E-state index is 9.56. The van der Waals surface area contributed by atoms with E-state index in [0.717, 1.165) is 22.0 Å². The molecule has 6 nitrogen and oxygen atoms in total. The fourth-order valence-electron chi connectivity index (χ4n) is 3.04. The maximum atomic E-state index is 9.56. The van der Waals surface area contributed by atoms with Crippen LogP contribution in [0.5, 0.6) is 11.5 Å². The van der Waals surface area contributed by atoms with Crippen LogP contribution in [0.4, 0.5) is 11.4 Å². The number of nitrogens with one attached hydrogen (secondary N) is 1. The first-order valence-corrected chi connectivity index (χ1v) is 8.30. The van der Waals surface area contributed by atoms with Gasteiger partial charge in [0.15, 0.2) is 11.5 Å². The van der Waals surface area contributed by atoms with Gasteiger partial charge in [0.05, 0.1) is 36.5 Å². The summed E-state index contributed by atoms with van der Waals surface area (Å²) in [4.78, 5) is 8.71. The smallest absolute Gasteiger partial charge is 0.162 e. The van der Waals surface area contributed by atoms with Crippen LogP contribution in [0.3, 0.4) is 0 Å². The summed E-state index contributed by atoms with van der Waals surface area (Å²) in [6.45, 7) is 0. The third kappa shape index (κ3) is 2.96. The molecule has 0 aliphatic carbocycles. The van der Waals surface area contributed by atoms with Gasteiger partial charge in [-0.1, -0.05) is 6.07 Å². The summed E-state index contributed by atoms with van der Waals surface area (Å²) >= 11 is 0. The van der Waals surface area contributed by atoms with Gasteiger partial charge < -0.3 is 14.8 Å². The Morgan fingerprint density at radius 1 is 0.963 bits per heavy atom. The van der Waals surface area contributed by atoms with Gasteiger partial charge >= 0.3 is 0 Å². The number of anilines is 2. The van der Waals surface area contributed by atoms with Crippen molar-refractivity contribution in [3.63, 3.8) is 0 Å². The number of nitrogens with zero attached hydrogens (tertiary/aromatic N) is 3. The molecule has 0 fully saturated rings. The van der Waals surface area contributed by atoms with E-state index in [2.05, 4.69) is 21.4 Å². The molecule has 0 unspecified atom stereocenters. The minimum Gasteiger partial charge on any atom is -0.493 e. The van der Waals surface area contributed by atoms with Crippen molar-refractivity contribution in [1.29, 1.82) is 5.26 Å². The van der Waals surface area contributed by atoms with Crippen molar-refractivity contribution in [3.05, 3.63) is 60.4 Å². The van der Waals surface area contributed by atoms with E-state index in [-0.39, 0.29) is 0 Å². The summed E-state index contributed by atoms with van der Waals surface area (Å²) in [6, 6.07) is 15.6. The summed E-state index contributed by atoms with van der Waals surface area (Å²) in [5.41, 5.74) is 3.59. The first-order chi connectivity index (χ1) is 13.2. The lowest BCUT2D eigenvalue weighted by Gasteiger charge is -2.14. The highest BCUT2D eigenvalue weighted by atomic mass is 16.5. The van der Waals surface area contributed by atoms with E-state index < -0.39 is 0 Å². The Balaban J connectivity index is 1.88. The van der Waals surface area contributed by atoms with Gasteiger partial charge in [-0.25, -0.2) is 0 Å². The molecule has 0 aliphatic rings. The van der Waals surface area contributed by atoms with Gasteiger partial charge in [0, 0.05) is 34.9 Å². The van der Waals surface area contributed by atoms with Crippen molar-refractivity contribution in [2.45, 2.75) is 0 Å². The van der Waals surface area contributed by atoms with Crippen LogP contribution >= 0.6 is 0 Å². The highest BCUT2D eigenvalue weighted by Gasteiger charge is 2.14. The number of nitriles is 1. The molecule has 4 aromatic rings. The molecule has 2 aromatic heterocycles. The zero-order chi connectivity index (χ0) is 18.8. The quantitative estimate of drug-likeness (QED) is 0.583. The van der Waals surface area contributed by atoms with E-state index in [1.807, 2.05) is 36.4 Å². The molecule has 0 radical (unpaired) electrons. The number of aromatic nitrogens is 2. The average Bonchev–Trinajstić information content (AvgIpc) is 2.72. The zero-order valence-corrected chi connectivity index (χ0v) is 14.9. The van der Waals surface area contributed by atoms with Gasteiger partial charge in [0.25, 0.3) is 0 Å². The summed E-state index contributed by atoms with van der Waals surface area (Å²) in [7, 11) is 3.16. The summed E-state index contributed by atoms with van der Waals surface area (Å²) < 4.78 is 10.8. The second-order valence-corrected chi connectivity index (χ2v) is 5.92. The Bertz CT molecular complexity index is 1200. The number of hydrogen-bond donors (Lipinski definition) is 1. The topological polar surface area (TPSA) is 80.1 Å². The molecule has 0 amide bonds. The Hall–Kier alpha value is -3.85. The SMILES string of the molecule is COc1cc2ncc(C#N)c(Nc3ccc4ncccc4c3)c2cc1OC. The number of hydrogen-bond acceptors (Lipinski definition) is 6. The summed E-state index contributed by atoms with van der Waals surface area (Å²) in [5.74, 6) is 1.16. The van der Waals surface area contributed by atoms with Crippen LogP contribution in [-0.4, -0.2) is 24.2 Å². The molecule has 0 aliphatic heterocycles. The summed E-state index contributed by atoms with van der Waals surface area (Å²) in [6.07, 6.45) is 3.32. The van der Waals surface area contributed by atoms with Crippen LogP contribution < -0.4 is 14.8 Å². The molecular formula is C21H16N4O2. The first kappa shape index (κ1) is 16.6. The van der Waals surface area contributed by atoms with Gasteiger partial charge in [0.1, 0.15) is 6.07 Å². The second kappa shape index (κ2) is 6.81. The molecule has 2 aromatic carbocycles. The normalized spacial score (nSPS) is 10.6. The average molecular weight is 356 g/mol. The highest BCUT2D eigenvalue weighted by Crippen LogP contribution is 2.37. The predicted molar refractivity (Wildman–Crippen MR) is 105 cm³/mol. The van der Waals surface area contributed by atoms with E-state index in [0.29, 0.717) is 28.3 Å². The van der Waals surface area contributed by atoms with E-state index in [4.69, 9.17) is 9.47 Å². The Labute approximate surface area is 156 Å². The molecular weight excluding hydrogens is 340 g/mol. The first-order valence-electron chi connectivity index (χ1n) is 8.30. The lowest BCUT2D eigenvalue weighted by molar-refractivity contribution is 0.356.